The maximum Gasteiger partial charge on any atom is 0.157 e. The van der Waals surface area contributed by atoms with Gasteiger partial charge in [-0.3, -0.25) is 0 Å². The topological polar surface area (TPSA) is 79.2 Å². The summed E-state index contributed by atoms with van der Waals surface area (Å²) in [6.45, 7) is 2.29. The fraction of sp³-hybridized carbons (Fsp3) is 0.920. The quantitative estimate of drug-likeness (QED) is 0.101. The number of unbranched alkanes of at least 4 members (excludes halogenated alkanes) is 12. The van der Waals surface area contributed by atoms with Crippen LogP contribution in [0, 0.1) is 0 Å². The summed E-state index contributed by atoms with van der Waals surface area (Å²) >= 11 is 0. The van der Waals surface area contributed by atoms with E-state index in [-0.39, 0.29) is 26.1 Å². The van der Waals surface area contributed by atoms with Crippen molar-refractivity contribution in [2.24, 2.45) is 0 Å². The van der Waals surface area contributed by atoms with Gasteiger partial charge in [-0.2, -0.15) is 0 Å². The van der Waals surface area contributed by atoms with E-state index >= 15 is 0 Å². The van der Waals surface area contributed by atoms with Crippen LogP contribution in [0.3, 0.4) is 0 Å². The van der Waals surface area contributed by atoms with Gasteiger partial charge in [0.1, 0.15) is 0 Å². The van der Waals surface area contributed by atoms with Crippen molar-refractivity contribution in [1.82, 2.24) is 0 Å². The number of rotatable bonds is 25. The van der Waals surface area contributed by atoms with Gasteiger partial charge < -0.3 is 24.8 Å². The van der Waals surface area contributed by atoms with Crippen molar-refractivity contribution >= 4 is 0 Å². The van der Waals surface area contributed by atoms with Gasteiger partial charge >= 0.3 is 0 Å². The molecule has 0 spiro atoms. The van der Waals surface area contributed by atoms with Crippen molar-refractivity contribution in [2.45, 2.75) is 115 Å². The molecule has 0 unspecified atom stereocenters. The zero-order valence-corrected chi connectivity index (χ0v) is 19.4. The first kappa shape index (κ1) is 29.5. The van der Waals surface area contributed by atoms with Crippen LogP contribution in [0.25, 0.3) is 0 Å². The lowest BCUT2D eigenvalue weighted by Gasteiger charge is -2.19. The van der Waals surface area contributed by atoms with E-state index in [1.54, 1.807) is 0 Å². The Labute approximate surface area is 185 Å². The molecule has 0 aliphatic rings. The van der Waals surface area contributed by atoms with Crippen LogP contribution in [0.4, 0.5) is 0 Å². The molecule has 0 aromatic rings. The van der Waals surface area contributed by atoms with Crippen LogP contribution in [-0.4, -0.2) is 54.6 Å². The minimum atomic E-state index is -0.0858. The van der Waals surface area contributed by atoms with Gasteiger partial charge in [0.2, 0.25) is 0 Å². The summed E-state index contributed by atoms with van der Waals surface area (Å²) in [6, 6.07) is 0. The largest absolute Gasteiger partial charge is 0.396 e. The van der Waals surface area contributed by atoms with E-state index in [4.69, 9.17) is 24.8 Å². The molecule has 5 nitrogen and oxygen atoms in total. The van der Waals surface area contributed by atoms with E-state index in [9.17, 15) is 0 Å². The molecule has 0 heterocycles. The van der Waals surface area contributed by atoms with Gasteiger partial charge in [0, 0.05) is 33.0 Å². The lowest BCUT2D eigenvalue weighted by molar-refractivity contribution is -0.148. The van der Waals surface area contributed by atoms with Crippen LogP contribution in [0.1, 0.15) is 109 Å². The predicted molar refractivity (Wildman–Crippen MR) is 125 cm³/mol. The van der Waals surface area contributed by atoms with Gasteiger partial charge in [0.05, 0.1) is 0 Å². The molecular weight excluding hydrogens is 380 g/mol. The number of aliphatic hydroxyl groups excluding tert-OH is 3. The fourth-order valence-corrected chi connectivity index (χ4v) is 3.37. The highest BCUT2D eigenvalue weighted by molar-refractivity contribution is 4.80. The Kier molecular flexibility index (Phi) is 26.2. The highest BCUT2D eigenvalue weighted by atomic mass is 16.7. The first-order chi connectivity index (χ1) is 14.8. The second-order valence-corrected chi connectivity index (χ2v) is 8.13. The molecule has 0 radical (unpaired) electrons. The van der Waals surface area contributed by atoms with Crippen LogP contribution in [0.15, 0.2) is 12.2 Å². The summed E-state index contributed by atoms with van der Waals surface area (Å²) in [5.41, 5.74) is 0. The molecule has 0 bridgehead atoms. The summed E-state index contributed by atoms with van der Waals surface area (Å²) < 4.78 is 12.0. The molecule has 0 rings (SSSR count). The highest BCUT2D eigenvalue weighted by Crippen LogP contribution is 2.14. The van der Waals surface area contributed by atoms with Gasteiger partial charge in [0.15, 0.2) is 6.29 Å². The van der Waals surface area contributed by atoms with Crippen LogP contribution in [0.5, 0.6) is 0 Å². The molecule has 180 valence electrons. The van der Waals surface area contributed by atoms with E-state index in [2.05, 4.69) is 12.2 Å². The molecule has 0 fully saturated rings. The molecule has 0 saturated carbocycles. The number of ether oxygens (including phenoxy) is 2. The standard InChI is InChI=1S/C25H50O5/c26-20-14-8-6-4-2-1-3-5-7-13-19-25(29-23-17-11-9-15-21-27)30-24-18-12-10-16-22-28/h6,8,25-28H,1-5,7,9-24H2/b8-6+. The number of hydrogen-bond acceptors (Lipinski definition) is 5. The van der Waals surface area contributed by atoms with E-state index < -0.39 is 0 Å². The van der Waals surface area contributed by atoms with Gasteiger partial charge in [-0.1, -0.05) is 63.5 Å². The molecule has 0 aromatic carbocycles. The molecule has 5 heteroatoms. The summed E-state index contributed by atoms with van der Waals surface area (Å²) in [7, 11) is 0. The van der Waals surface area contributed by atoms with Crippen molar-refractivity contribution in [3.05, 3.63) is 12.2 Å². The van der Waals surface area contributed by atoms with E-state index in [0.717, 1.165) is 90.3 Å². The van der Waals surface area contributed by atoms with Gasteiger partial charge in [0.25, 0.3) is 0 Å². The Morgan fingerprint density at radius 2 is 0.933 bits per heavy atom. The molecule has 0 aromatic heterocycles. The monoisotopic (exact) mass is 430 g/mol. The minimum Gasteiger partial charge on any atom is -0.396 e. The van der Waals surface area contributed by atoms with Gasteiger partial charge in [-0.25, -0.2) is 0 Å². The molecule has 3 N–H and O–H groups in total. The van der Waals surface area contributed by atoms with E-state index in [1.807, 2.05) is 0 Å². The first-order valence-corrected chi connectivity index (χ1v) is 12.6. The highest BCUT2D eigenvalue weighted by Gasteiger charge is 2.09. The summed E-state index contributed by atoms with van der Waals surface area (Å²) in [6.07, 6.45) is 22.6. The average molecular weight is 431 g/mol. The third-order valence-corrected chi connectivity index (χ3v) is 5.24. The average Bonchev–Trinajstić information content (AvgIpc) is 2.76. The van der Waals surface area contributed by atoms with Crippen LogP contribution in [-0.2, 0) is 9.47 Å². The minimum absolute atomic E-state index is 0.0858. The summed E-state index contributed by atoms with van der Waals surface area (Å²) in [5, 5.41) is 26.4. The van der Waals surface area contributed by atoms with E-state index in [1.165, 1.54) is 32.1 Å². The van der Waals surface area contributed by atoms with Crippen LogP contribution in [0.2, 0.25) is 0 Å². The van der Waals surface area contributed by atoms with E-state index in [0.29, 0.717) is 0 Å². The number of allylic oxidation sites excluding steroid dienone is 1. The van der Waals surface area contributed by atoms with Gasteiger partial charge in [-0.15, -0.1) is 0 Å². The third kappa shape index (κ3) is 23.8. The fourth-order valence-electron chi connectivity index (χ4n) is 3.37. The number of hydrogen-bond donors (Lipinski definition) is 3. The van der Waals surface area contributed by atoms with Crippen molar-refractivity contribution in [3.63, 3.8) is 0 Å². The predicted octanol–water partition coefficient (Wildman–Crippen LogP) is 5.51. The summed E-state index contributed by atoms with van der Waals surface area (Å²) in [4.78, 5) is 0. The Bertz CT molecular complexity index is 320. The molecular formula is C25H50O5. The lowest BCUT2D eigenvalue weighted by Crippen LogP contribution is -2.19. The maximum absolute atomic E-state index is 8.84. The van der Waals surface area contributed by atoms with Crippen molar-refractivity contribution < 1.29 is 24.8 Å². The SMILES string of the molecule is OCC/C=C/CCCCCCCCC(OCCCCCCO)OCCCCCCO. The Morgan fingerprint density at radius 3 is 1.50 bits per heavy atom. The summed E-state index contributed by atoms with van der Waals surface area (Å²) in [5.74, 6) is 0. The normalized spacial score (nSPS) is 11.9. The molecule has 0 aliphatic heterocycles. The Balaban J connectivity index is 3.77. The van der Waals surface area contributed by atoms with Crippen molar-refractivity contribution in [1.29, 1.82) is 0 Å². The maximum atomic E-state index is 8.84. The number of aliphatic hydroxyl groups is 3. The zero-order valence-electron chi connectivity index (χ0n) is 19.4. The first-order valence-electron chi connectivity index (χ1n) is 12.6. The molecule has 30 heavy (non-hydrogen) atoms. The second kappa shape index (κ2) is 26.6. The zero-order chi connectivity index (χ0) is 22.0. The lowest BCUT2D eigenvalue weighted by atomic mass is 10.1. The Hall–Kier alpha value is -0.460. The van der Waals surface area contributed by atoms with Crippen LogP contribution < -0.4 is 0 Å². The van der Waals surface area contributed by atoms with Gasteiger partial charge in [-0.05, 0) is 57.8 Å². The molecule has 0 aliphatic carbocycles. The third-order valence-electron chi connectivity index (χ3n) is 5.24. The smallest absolute Gasteiger partial charge is 0.157 e. The van der Waals surface area contributed by atoms with Crippen molar-refractivity contribution in [3.8, 4) is 0 Å². The van der Waals surface area contributed by atoms with Crippen LogP contribution >= 0.6 is 0 Å². The molecule has 0 saturated heterocycles. The molecule has 0 atom stereocenters. The molecule has 0 amide bonds. The second-order valence-electron chi connectivity index (χ2n) is 8.13. The van der Waals surface area contributed by atoms with Crippen molar-refractivity contribution in [2.75, 3.05) is 33.0 Å². The Morgan fingerprint density at radius 1 is 0.467 bits per heavy atom.